The van der Waals surface area contributed by atoms with Gasteiger partial charge in [0.25, 0.3) is 5.91 Å². The third kappa shape index (κ3) is 4.42. The van der Waals surface area contributed by atoms with Crippen molar-refractivity contribution in [2.24, 2.45) is 0 Å². The van der Waals surface area contributed by atoms with Gasteiger partial charge in [-0.25, -0.2) is 4.79 Å². The fourth-order valence-electron chi connectivity index (χ4n) is 3.38. The molecule has 1 N–H and O–H groups in total. The predicted octanol–water partition coefficient (Wildman–Crippen LogP) is 2.58. The van der Waals surface area contributed by atoms with Crippen molar-refractivity contribution < 1.29 is 19.1 Å². The van der Waals surface area contributed by atoms with E-state index in [9.17, 15) is 9.59 Å². The average Bonchev–Trinajstić information content (AvgIpc) is 2.73. The summed E-state index contributed by atoms with van der Waals surface area (Å²) in [5.74, 6) is 0.665. The monoisotopic (exact) mass is 383 g/mol. The van der Waals surface area contributed by atoms with E-state index < -0.39 is 0 Å². The second-order valence-corrected chi connectivity index (χ2v) is 6.51. The molecule has 0 fully saturated rings. The Hall–Kier alpha value is -3.09. The minimum atomic E-state index is -0.334. The molecular formula is C21H25N3O4. The highest BCUT2D eigenvalue weighted by Crippen LogP contribution is 2.22. The molecule has 7 heteroatoms. The first kappa shape index (κ1) is 19.7. The maximum absolute atomic E-state index is 12.7. The Balaban J connectivity index is 1.64. The van der Waals surface area contributed by atoms with Gasteiger partial charge in [0.1, 0.15) is 5.75 Å². The summed E-state index contributed by atoms with van der Waals surface area (Å²) >= 11 is 0. The number of methoxy groups -OCH3 is 1. The van der Waals surface area contributed by atoms with Crippen LogP contribution in [0.1, 0.15) is 34.0 Å². The van der Waals surface area contributed by atoms with E-state index in [2.05, 4.69) is 10.3 Å². The number of para-hydroxylation sites is 1. The van der Waals surface area contributed by atoms with Gasteiger partial charge < -0.3 is 19.7 Å². The summed E-state index contributed by atoms with van der Waals surface area (Å²) in [6.45, 7) is 3.55. The van der Waals surface area contributed by atoms with Gasteiger partial charge in [0.2, 0.25) is 0 Å². The maximum Gasteiger partial charge on any atom is 0.410 e. The first-order chi connectivity index (χ1) is 13.6. The first-order valence-corrected chi connectivity index (χ1v) is 9.41. The molecule has 2 aromatic rings. The highest BCUT2D eigenvalue weighted by atomic mass is 16.6. The second-order valence-electron chi connectivity index (χ2n) is 6.51. The third-order valence-electron chi connectivity index (χ3n) is 4.78. The van der Waals surface area contributed by atoms with Gasteiger partial charge in [-0.1, -0.05) is 18.2 Å². The average molecular weight is 383 g/mol. The van der Waals surface area contributed by atoms with Crippen LogP contribution in [0.2, 0.25) is 0 Å². The smallest absolute Gasteiger partial charge is 0.410 e. The summed E-state index contributed by atoms with van der Waals surface area (Å²) in [4.78, 5) is 30.5. The molecule has 2 amide bonds. The molecule has 7 nitrogen and oxygen atoms in total. The van der Waals surface area contributed by atoms with Crippen molar-refractivity contribution in [2.75, 3.05) is 26.8 Å². The number of ether oxygens (including phenoxy) is 2. The molecule has 0 radical (unpaired) electrons. The maximum atomic E-state index is 12.7. The van der Waals surface area contributed by atoms with Crippen LogP contribution < -0.4 is 10.1 Å². The highest BCUT2D eigenvalue weighted by molar-refractivity contribution is 5.95. The standard InChI is InChI=1S/C21H25N3O4/c1-3-28-21(26)24-11-9-17-16(14-24)12-22-13-18(17)20(25)23-10-8-15-6-4-5-7-19(15)27-2/h4-7,12-13H,3,8-11,14H2,1-2H3,(H,23,25). The van der Waals surface area contributed by atoms with E-state index in [1.54, 1.807) is 31.3 Å². The van der Waals surface area contributed by atoms with E-state index in [0.717, 1.165) is 22.4 Å². The van der Waals surface area contributed by atoms with Crippen molar-refractivity contribution in [1.82, 2.24) is 15.2 Å². The Morgan fingerprint density at radius 1 is 1.25 bits per heavy atom. The van der Waals surface area contributed by atoms with Crippen LogP contribution in [0.4, 0.5) is 4.79 Å². The van der Waals surface area contributed by atoms with Crippen LogP contribution in [-0.4, -0.2) is 48.7 Å². The van der Waals surface area contributed by atoms with Crippen LogP contribution in [0.15, 0.2) is 36.7 Å². The normalized spacial score (nSPS) is 12.9. The van der Waals surface area contributed by atoms with Crippen LogP contribution in [0.3, 0.4) is 0 Å². The number of benzene rings is 1. The zero-order valence-corrected chi connectivity index (χ0v) is 16.2. The molecule has 0 unspecified atom stereocenters. The number of nitrogens with one attached hydrogen (secondary N) is 1. The number of amides is 2. The van der Waals surface area contributed by atoms with E-state index in [1.807, 2.05) is 24.3 Å². The van der Waals surface area contributed by atoms with E-state index in [0.29, 0.717) is 44.6 Å². The summed E-state index contributed by atoms with van der Waals surface area (Å²) in [5.41, 5.74) is 3.45. The molecule has 148 valence electrons. The van der Waals surface area contributed by atoms with Crippen molar-refractivity contribution in [3.63, 3.8) is 0 Å². The zero-order valence-electron chi connectivity index (χ0n) is 16.2. The van der Waals surface area contributed by atoms with E-state index >= 15 is 0 Å². The Labute approximate surface area is 164 Å². The van der Waals surface area contributed by atoms with Crippen LogP contribution >= 0.6 is 0 Å². The summed E-state index contributed by atoms with van der Waals surface area (Å²) in [7, 11) is 1.64. The molecule has 1 aromatic heterocycles. The number of pyridine rings is 1. The van der Waals surface area contributed by atoms with Gasteiger partial charge >= 0.3 is 6.09 Å². The van der Waals surface area contributed by atoms with Crippen LogP contribution in [0.25, 0.3) is 0 Å². The first-order valence-electron chi connectivity index (χ1n) is 9.41. The molecule has 0 aliphatic carbocycles. The fourth-order valence-corrected chi connectivity index (χ4v) is 3.38. The van der Waals surface area contributed by atoms with Crippen molar-refractivity contribution in [2.45, 2.75) is 26.3 Å². The van der Waals surface area contributed by atoms with Crippen molar-refractivity contribution in [3.05, 3.63) is 58.9 Å². The zero-order chi connectivity index (χ0) is 19.9. The van der Waals surface area contributed by atoms with Gasteiger partial charge in [0, 0.05) is 25.5 Å². The van der Waals surface area contributed by atoms with E-state index in [-0.39, 0.29) is 12.0 Å². The molecule has 0 atom stereocenters. The molecule has 1 aliphatic heterocycles. The number of nitrogens with zero attached hydrogens (tertiary/aromatic N) is 2. The minimum Gasteiger partial charge on any atom is -0.496 e. The molecule has 3 rings (SSSR count). The van der Waals surface area contributed by atoms with Crippen molar-refractivity contribution >= 4 is 12.0 Å². The summed E-state index contributed by atoms with van der Waals surface area (Å²) in [6.07, 6.45) is 4.25. The van der Waals surface area contributed by atoms with E-state index in [1.165, 1.54) is 0 Å². The van der Waals surface area contributed by atoms with Crippen molar-refractivity contribution in [1.29, 1.82) is 0 Å². The quantitative estimate of drug-likeness (QED) is 0.829. The lowest BCUT2D eigenvalue weighted by Gasteiger charge is -2.28. The predicted molar refractivity (Wildman–Crippen MR) is 104 cm³/mol. The van der Waals surface area contributed by atoms with Crippen LogP contribution in [-0.2, 0) is 24.1 Å². The molecule has 0 saturated heterocycles. The fraction of sp³-hybridized carbons (Fsp3) is 0.381. The lowest BCUT2D eigenvalue weighted by Crippen LogP contribution is -2.37. The molecule has 0 bridgehead atoms. The van der Waals surface area contributed by atoms with E-state index in [4.69, 9.17) is 9.47 Å². The lowest BCUT2D eigenvalue weighted by molar-refractivity contribution is 0.0950. The minimum absolute atomic E-state index is 0.149. The SMILES string of the molecule is CCOC(=O)N1CCc2c(cncc2C(=O)NCCc2ccccc2OC)C1. The topological polar surface area (TPSA) is 80.8 Å². The Bertz CT molecular complexity index is 853. The lowest BCUT2D eigenvalue weighted by atomic mass is 9.97. The molecular weight excluding hydrogens is 358 g/mol. The second kappa shape index (κ2) is 9.21. The van der Waals surface area contributed by atoms with Gasteiger partial charge in [-0.3, -0.25) is 9.78 Å². The third-order valence-corrected chi connectivity index (χ3v) is 4.78. The highest BCUT2D eigenvalue weighted by Gasteiger charge is 2.25. The molecule has 2 heterocycles. The van der Waals surface area contributed by atoms with Crippen LogP contribution in [0, 0.1) is 0 Å². The summed E-state index contributed by atoms with van der Waals surface area (Å²) in [5, 5.41) is 2.96. The molecule has 0 spiro atoms. The number of hydrogen-bond donors (Lipinski definition) is 1. The van der Waals surface area contributed by atoms with Gasteiger partial charge in [0.05, 0.1) is 25.8 Å². The Kier molecular flexibility index (Phi) is 6.47. The van der Waals surface area contributed by atoms with Gasteiger partial charge in [0.15, 0.2) is 0 Å². The van der Waals surface area contributed by atoms with Gasteiger partial charge in [-0.2, -0.15) is 0 Å². The number of fused-ring (bicyclic) bond motifs is 1. The molecule has 1 aliphatic rings. The number of aromatic nitrogens is 1. The van der Waals surface area contributed by atoms with Crippen LogP contribution in [0.5, 0.6) is 5.75 Å². The van der Waals surface area contributed by atoms with Gasteiger partial charge in [-0.15, -0.1) is 0 Å². The molecule has 1 aromatic carbocycles. The Morgan fingerprint density at radius 3 is 2.86 bits per heavy atom. The Morgan fingerprint density at radius 2 is 2.07 bits per heavy atom. The summed E-state index contributed by atoms with van der Waals surface area (Å²) in [6, 6.07) is 7.76. The summed E-state index contributed by atoms with van der Waals surface area (Å²) < 4.78 is 10.4. The number of hydrogen-bond acceptors (Lipinski definition) is 5. The van der Waals surface area contributed by atoms with Gasteiger partial charge in [-0.05, 0) is 42.5 Å². The number of carbonyl (C=O) groups excluding carboxylic acids is 2. The van der Waals surface area contributed by atoms with Crippen molar-refractivity contribution in [3.8, 4) is 5.75 Å². The molecule has 28 heavy (non-hydrogen) atoms. The number of rotatable bonds is 6. The largest absolute Gasteiger partial charge is 0.496 e. The number of carbonyl (C=O) groups is 2. The molecule has 0 saturated carbocycles.